The molecule has 1 unspecified atom stereocenters. The van der Waals surface area contributed by atoms with Crippen LogP contribution in [-0.4, -0.2) is 29.0 Å². The largest absolute Gasteiger partial charge is 0.357 e. The van der Waals surface area contributed by atoms with Crippen molar-refractivity contribution in [2.45, 2.75) is 25.3 Å². The Morgan fingerprint density at radius 1 is 1.06 bits per heavy atom. The number of carbonyl (C=O) groups is 2. The van der Waals surface area contributed by atoms with E-state index in [2.05, 4.69) is 20.8 Å². The number of aryl methyl sites for hydroxylation is 1. The summed E-state index contributed by atoms with van der Waals surface area (Å²) in [6.45, 7) is 0. The van der Waals surface area contributed by atoms with Crippen molar-refractivity contribution in [3.05, 3.63) is 71.4 Å². The van der Waals surface area contributed by atoms with Crippen LogP contribution in [0.5, 0.6) is 0 Å². The van der Waals surface area contributed by atoms with Crippen LogP contribution in [0, 0.1) is 17.5 Å². The van der Waals surface area contributed by atoms with Crippen LogP contribution in [0.3, 0.4) is 0 Å². The maximum atomic E-state index is 13.5. The average Bonchev–Trinajstić information content (AvgIpc) is 3.23. The molecule has 1 aromatic heterocycles. The van der Waals surface area contributed by atoms with Gasteiger partial charge < -0.3 is 15.2 Å². The highest BCUT2D eigenvalue weighted by molar-refractivity contribution is 5.88. The smallest absolute Gasteiger partial charge is 0.246 e. The Morgan fingerprint density at radius 2 is 1.81 bits per heavy atom. The molecule has 0 aliphatic heterocycles. The Bertz CT molecular complexity index is 1070. The summed E-state index contributed by atoms with van der Waals surface area (Å²) in [5.41, 5.74) is 0.710. The van der Waals surface area contributed by atoms with Gasteiger partial charge in [-0.15, -0.1) is 0 Å². The summed E-state index contributed by atoms with van der Waals surface area (Å²) in [7, 11) is 1.37. The van der Waals surface area contributed by atoms with Gasteiger partial charge in [-0.1, -0.05) is 11.2 Å². The first-order valence-electron chi connectivity index (χ1n) is 9.42. The van der Waals surface area contributed by atoms with Crippen LogP contribution in [0.1, 0.15) is 30.3 Å². The van der Waals surface area contributed by atoms with Gasteiger partial charge in [0.05, 0.1) is 0 Å². The second-order valence-electron chi connectivity index (χ2n) is 6.66. The minimum atomic E-state index is -1.17. The van der Waals surface area contributed by atoms with Crippen LogP contribution >= 0.6 is 0 Å². The number of hydrogen-bond acceptors (Lipinski definition) is 5. The lowest BCUT2D eigenvalue weighted by Gasteiger charge is -2.18. The van der Waals surface area contributed by atoms with Crippen LogP contribution in [0.4, 0.5) is 13.2 Å². The van der Waals surface area contributed by atoms with Gasteiger partial charge in [-0.05, 0) is 48.4 Å². The van der Waals surface area contributed by atoms with Crippen LogP contribution in [0.15, 0.2) is 47.0 Å². The fourth-order valence-electron chi connectivity index (χ4n) is 2.84. The molecule has 0 spiro atoms. The quantitative estimate of drug-likeness (QED) is 0.570. The number of nitrogens with one attached hydrogen (secondary N) is 2. The summed E-state index contributed by atoms with van der Waals surface area (Å²) in [6.07, 6.45) is 0.679. The molecule has 7 nitrogen and oxygen atoms in total. The molecule has 0 saturated carbocycles. The van der Waals surface area contributed by atoms with E-state index in [0.717, 1.165) is 12.1 Å². The topological polar surface area (TPSA) is 97.1 Å². The number of rotatable bonds is 8. The summed E-state index contributed by atoms with van der Waals surface area (Å²) >= 11 is 0. The van der Waals surface area contributed by atoms with Gasteiger partial charge in [-0.2, -0.15) is 4.98 Å². The van der Waals surface area contributed by atoms with Crippen LogP contribution in [0.2, 0.25) is 0 Å². The molecule has 0 fully saturated rings. The normalized spacial score (nSPS) is 11.7. The predicted molar refractivity (Wildman–Crippen MR) is 104 cm³/mol. The molecule has 0 aliphatic rings. The Labute approximate surface area is 175 Å². The standard InChI is InChI=1S/C21H19F3N4O3/c1-25-21(30)19(13-7-10-15(23)16(24)11-13)26-17(29)3-2-4-18-27-20(28-31-18)12-5-8-14(22)9-6-12/h5-11,19H,2-4H2,1H3,(H,25,30)(H,26,29). The monoisotopic (exact) mass is 432 g/mol. The molecule has 10 heteroatoms. The van der Waals surface area contributed by atoms with Crippen molar-refractivity contribution in [1.29, 1.82) is 0 Å². The molecule has 2 aromatic carbocycles. The van der Waals surface area contributed by atoms with Crippen molar-refractivity contribution >= 4 is 11.8 Å². The Kier molecular flexibility index (Phi) is 7.01. The molecule has 162 valence electrons. The Hall–Kier alpha value is -3.69. The zero-order valence-corrected chi connectivity index (χ0v) is 16.5. The SMILES string of the molecule is CNC(=O)C(NC(=O)CCCc1nc(-c2ccc(F)cc2)no1)c1ccc(F)c(F)c1. The Morgan fingerprint density at radius 3 is 2.48 bits per heavy atom. The molecule has 2 amide bonds. The van der Waals surface area contributed by atoms with Gasteiger partial charge in [0.15, 0.2) is 11.6 Å². The molecule has 0 aliphatic carbocycles. The lowest BCUT2D eigenvalue weighted by atomic mass is 10.1. The van der Waals surface area contributed by atoms with E-state index in [1.807, 2.05) is 0 Å². The van der Waals surface area contributed by atoms with E-state index in [0.29, 0.717) is 30.1 Å². The third-order valence-corrected chi connectivity index (χ3v) is 4.46. The summed E-state index contributed by atoms with van der Waals surface area (Å²) in [4.78, 5) is 28.6. The van der Waals surface area contributed by atoms with Gasteiger partial charge in [0.25, 0.3) is 0 Å². The maximum Gasteiger partial charge on any atom is 0.246 e. The molecule has 0 radical (unpaired) electrons. The first kappa shape index (κ1) is 22.0. The van der Waals surface area contributed by atoms with E-state index in [4.69, 9.17) is 4.52 Å². The number of amides is 2. The first-order chi connectivity index (χ1) is 14.9. The van der Waals surface area contributed by atoms with Crippen LogP contribution < -0.4 is 10.6 Å². The highest BCUT2D eigenvalue weighted by Gasteiger charge is 2.23. The molecular formula is C21H19F3N4O3. The highest BCUT2D eigenvalue weighted by Crippen LogP contribution is 2.19. The number of benzene rings is 2. The van der Waals surface area contributed by atoms with Gasteiger partial charge >= 0.3 is 0 Å². The van der Waals surface area contributed by atoms with Gasteiger partial charge in [0, 0.05) is 25.5 Å². The van der Waals surface area contributed by atoms with Crippen molar-refractivity contribution in [1.82, 2.24) is 20.8 Å². The average molecular weight is 432 g/mol. The molecule has 2 N–H and O–H groups in total. The van der Waals surface area contributed by atoms with E-state index in [1.54, 1.807) is 0 Å². The lowest BCUT2D eigenvalue weighted by molar-refractivity contribution is -0.129. The number of likely N-dealkylation sites (N-methyl/N-ethyl adjacent to an activating group) is 1. The molecule has 3 aromatic rings. The zero-order valence-electron chi connectivity index (χ0n) is 16.5. The van der Waals surface area contributed by atoms with E-state index < -0.39 is 29.5 Å². The third kappa shape index (κ3) is 5.68. The number of carbonyl (C=O) groups excluding carboxylic acids is 2. The predicted octanol–water partition coefficient (Wildman–Crippen LogP) is 3.08. The van der Waals surface area contributed by atoms with E-state index >= 15 is 0 Å². The summed E-state index contributed by atoms with van der Waals surface area (Å²) in [5.74, 6) is -2.97. The van der Waals surface area contributed by atoms with Gasteiger partial charge in [0.1, 0.15) is 11.9 Å². The molecule has 1 heterocycles. The van der Waals surface area contributed by atoms with Gasteiger partial charge in [-0.25, -0.2) is 13.2 Å². The number of aromatic nitrogens is 2. The molecule has 0 saturated heterocycles. The van der Waals surface area contributed by atoms with E-state index in [-0.39, 0.29) is 17.8 Å². The molecule has 3 rings (SSSR count). The molecule has 31 heavy (non-hydrogen) atoms. The molecule has 1 atom stereocenters. The number of hydrogen-bond donors (Lipinski definition) is 2. The minimum Gasteiger partial charge on any atom is -0.357 e. The summed E-state index contributed by atoms with van der Waals surface area (Å²) in [5, 5.41) is 8.71. The fraction of sp³-hybridized carbons (Fsp3) is 0.238. The third-order valence-electron chi connectivity index (χ3n) is 4.46. The fourth-order valence-corrected chi connectivity index (χ4v) is 2.84. The second kappa shape index (κ2) is 9.88. The number of nitrogens with zero attached hydrogens (tertiary/aromatic N) is 2. The van der Waals surface area contributed by atoms with Crippen molar-refractivity contribution in [2.24, 2.45) is 0 Å². The molecule has 0 bridgehead atoms. The van der Waals surface area contributed by atoms with Crippen molar-refractivity contribution in [3.63, 3.8) is 0 Å². The molecular weight excluding hydrogens is 413 g/mol. The highest BCUT2D eigenvalue weighted by atomic mass is 19.2. The minimum absolute atomic E-state index is 0.0332. The summed E-state index contributed by atoms with van der Waals surface area (Å²) < 4.78 is 44.8. The Balaban J connectivity index is 1.56. The zero-order chi connectivity index (χ0) is 22.4. The first-order valence-corrected chi connectivity index (χ1v) is 9.42. The van der Waals surface area contributed by atoms with E-state index in [1.165, 1.54) is 37.4 Å². The van der Waals surface area contributed by atoms with Crippen molar-refractivity contribution in [3.8, 4) is 11.4 Å². The summed E-state index contributed by atoms with van der Waals surface area (Å²) in [6, 6.07) is 7.43. The lowest BCUT2D eigenvalue weighted by Crippen LogP contribution is -2.39. The van der Waals surface area contributed by atoms with Gasteiger partial charge in [0.2, 0.25) is 23.5 Å². The second-order valence-corrected chi connectivity index (χ2v) is 6.66. The van der Waals surface area contributed by atoms with Crippen molar-refractivity contribution < 1.29 is 27.3 Å². The van der Waals surface area contributed by atoms with Crippen LogP contribution in [-0.2, 0) is 16.0 Å². The number of halogens is 3. The van der Waals surface area contributed by atoms with Crippen molar-refractivity contribution in [2.75, 3.05) is 7.05 Å². The van der Waals surface area contributed by atoms with E-state index in [9.17, 15) is 22.8 Å². The maximum absolute atomic E-state index is 13.5. The van der Waals surface area contributed by atoms with Crippen LogP contribution in [0.25, 0.3) is 11.4 Å². The van der Waals surface area contributed by atoms with Gasteiger partial charge in [-0.3, -0.25) is 9.59 Å².